The molecular formula is C17H13I. The molecule has 0 N–H and O–H groups in total. The molecule has 0 aromatic heterocycles. The van der Waals surface area contributed by atoms with E-state index in [1.54, 1.807) is 0 Å². The van der Waals surface area contributed by atoms with E-state index in [0.717, 1.165) is 0 Å². The molecule has 0 aliphatic heterocycles. The van der Waals surface area contributed by atoms with Crippen molar-refractivity contribution in [1.29, 1.82) is 0 Å². The van der Waals surface area contributed by atoms with Gasteiger partial charge in [-0.2, -0.15) is 0 Å². The summed E-state index contributed by atoms with van der Waals surface area (Å²) in [6.07, 6.45) is 0. The molecule has 18 heavy (non-hydrogen) atoms. The third-order valence-electron chi connectivity index (χ3n) is 3.16. The Morgan fingerprint density at radius 3 is 2.44 bits per heavy atom. The number of halogens is 1. The summed E-state index contributed by atoms with van der Waals surface area (Å²) >= 11 is 2.42. The van der Waals surface area contributed by atoms with Crippen molar-refractivity contribution in [2.24, 2.45) is 0 Å². The highest BCUT2D eigenvalue weighted by Crippen LogP contribution is 2.29. The second-order valence-electron chi connectivity index (χ2n) is 4.55. The van der Waals surface area contributed by atoms with Crippen molar-refractivity contribution in [1.82, 2.24) is 0 Å². The highest BCUT2D eigenvalue weighted by atomic mass is 127. The molecule has 0 saturated carbocycles. The van der Waals surface area contributed by atoms with Gasteiger partial charge >= 0.3 is 0 Å². The van der Waals surface area contributed by atoms with E-state index in [2.05, 4.69) is 90.2 Å². The molecule has 0 atom stereocenters. The minimum Gasteiger partial charge on any atom is -0.0616 e. The number of rotatable bonds is 1. The predicted molar refractivity (Wildman–Crippen MR) is 86.8 cm³/mol. The molecule has 0 nitrogen and oxygen atoms in total. The molecule has 0 bridgehead atoms. The van der Waals surface area contributed by atoms with E-state index < -0.39 is 0 Å². The average molecular weight is 344 g/mol. The zero-order valence-corrected chi connectivity index (χ0v) is 12.3. The zero-order chi connectivity index (χ0) is 12.5. The molecule has 0 radical (unpaired) electrons. The number of benzene rings is 3. The first kappa shape index (κ1) is 11.7. The minimum absolute atomic E-state index is 1.29. The second kappa shape index (κ2) is 4.73. The van der Waals surface area contributed by atoms with Gasteiger partial charge in [-0.25, -0.2) is 0 Å². The van der Waals surface area contributed by atoms with Crippen molar-refractivity contribution in [3.05, 3.63) is 69.8 Å². The van der Waals surface area contributed by atoms with Crippen LogP contribution in [0, 0.1) is 10.5 Å². The van der Waals surface area contributed by atoms with Gasteiger partial charge in [0, 0.05) is 3.57 Å². The summed E-state index contributed by atoms with van der Waals surface area (Å²) in [5, 5.41) is 2.63. The molecule has 0 fully saturated rings. The molecule has 3 rings (SSSR count). The van der Waals surface area contributed by atoms with Crippen LogP contribution in [0.1, 0.15) is 5.56 Å². The summed E-state index contributed by atoms with van der Waals surface area (Å²) in [6.45, 7) is 2.13. The summed E-state index contributed by atoms with van der Waals surface area (Å²) in [4.78, 5) is 0. The van der Waals surface area contributed by atoms with Gasteiger partial charge in [0.1, 0.15) is 0 Å². The fourth-order valence-corrected chi connectivity index (χ4v) is 3.08. The van der Waals surface area contributed by atoms with Crippen LogP contribution < -0.4 is 0 Å². The smallest absolute Gasteiger partial charge is 0.0214 e. The fourth-order valence-electron chi connectivity index (χ4n) is 2.26. The van der Waals surface area contributed by atoms with Gasteiger partial charge in [0.25, 0.3) is 0 Å². The predicted octanol–water partition coefficient (Wildman–Crippen LogP) is 5.42. The Morgan fingerprint density at radius 2 is 1.61 bits per heavy atom. The lowest BCUT2D eigenvalue weighted by Gasteiger charge is -2.07. The maximum Gasteiger partial charge on any atom is 0.0214 e. The lowest BCUT2D eigenvalue weighted by molar-refractivity contribution is 1.47. The zero-order valence-electron chi connectivity index (χ0n) is 10.2. The third kappa shape index (κ3) is 2.15. The Kier molecular flexibility index (Phi) is 3.08. The van der Waals surface area contributed by atoms with E-state index in [-0.39, 0.29) is 0 Å². The van der Waals surface area contributed by atoms with E-state index >= 15 is 0 Å². The minimum atomic E-state index is 1.29. The highest BCUT2D eigenvalue weighted by Gasteiger charge is 2.03. The number of hydrogen-bond donors (Lipinski definition) is 0. The molecule has 0 heterocycles. The Bertz CT molecular complexity index is 714. The fraction of sp³-hybridized carbons (Fsp3) is 0.0588. The summed E-state index contributed by atoms with van der Waals surface area (Å²) in [6, 6.07) is 21.7. The van der Waals surface area contributed by atoms with Crippen LogP contribution in [0.2, 0.25) is 0 Å². The van der Waals surface area contributed by atoms with Crippen LogP contribution in [0.4, 0.5) is 0 Å². The Morgan fingerprint density at radius 1 is 0.778 bits per heavy atom. The van der Waals surface area contributed by atoms with Crippen molar-refractivity contribution < 1.29 is 0 Å². The standard InChI is InChI=1S/C17H13I/c1-12-5-4-7-13(9-12)15-10-14-6-2-3-8-16(14)17(18)11-15/h2-11H,1H3. The van der Waals surface area contributed by atoms with Crippen LogP contribution in [0.15, 0.2) is 60.7 Å². The molecular weight excluding hydrogens is 331 g/mol. The first-order valence-electron chi connectivity index (χ1n) is 5.99. The van der Waals surface area contributed by atoms with Crippen molar-refractivity contribution in [3.8, 4) is 11.1 Å². The van der Waals surface area contributed by atoms with E-state index in [9.17, 15) is 0 Å². The first-order chi connectivity index (χ1) is 8.74. The van der Waals surface area contributed by atoms with Crippen LogP contribution in [0.25, 0.3) is 21.9 Å². The van der Waals surface area contributed by atoms with Gasteiger partial charge in [-0.3, -0.25) is 0 Å². The molecule has 3 aromatic rings. The molecule has 0 unspecified atom stereocenters. The maximum atomic E-state index is 2.42. The molecule has 0 saturated heterocycles. The maximum absolute atomic E-state index is 2.42. The lowest BCUT2D eigenvalue weighted by Crippen LogP contribution is -1.83. The van der Waals surface area contributed by atoms with Gasteiger partial charge in [0.15, 0.2) is 0 Å². The summed E-state index contributed by atoms with van der Waals surface area (Å²) in [5.74, 6) is 0. The summed E-state index contributed by atoms with van der Waals surface area (Å²) in [7, 11) is 0. The first-order valence-corrected chi connectivity index (χ1v) is 7.07. The van der Waals surface area contributed by atoms with Crippen LogP contribution in [0.5, 0.6) is 0 Å². The molecule has 0 aliphatic rings. The van der Waals surface area contributed by atoms with Gasteiger partial charge in [-0.05, 0) is 63.5 Å². The van der Waals surface area contributed by atoms with Gasteiger partial charge in [0.05, 0.1) is 0 Å². The van der Waals surface area contributed by atoms with Crippen LogP contribution in [-0.4, -0.2) is 0 Å². The van der Waals surface area contributed by atoms with Crippen LogP contribution in [-0.2, 0) is 0 Å². The normalized spacial score (nSPS) is 10.8. The molecule has 88 valence electrons. The Balaban J connectivity index is 2.24. The van der Waals surface area contributed by atoms with Crippen LogP contribution in [0.3, 0.4) is 0 Å². The Hall–Kier alpha value is -1.35. The summed E-state index contributed by atoms with van der Waals surface area (Å²) in [5.41, 5.74) is 3.89. The number of hydrogen-bond acceptors (Lipinski definition) is 0. The quantitative estimate of drug-likeness (QED) is 0.517. The van der Waals surface area contributed by atoms with Gasteiger partial charge in [-0.1, -0.05) is 54.1 Å². The Labute approximate surface area is 121 Å². The van der Waals surface area contributed by atoms with Gasteiger partial charge < -0.3 is 0 Å². The molecule has 0 amide bonds. The average Bonchev–Trinajstić information content (AvgIpc) is 2.39. The SMILES string of the molecule is Cc1cccc(-c2cc(I)c3ccccc3c2)c1. The van der Waals surface area contributed by atoms with Crippen molar-refractivity contribution in [3.63, 3.8) is 0 Å². The summed E-state index contributed by atoms with van der Waals surface area (Å²) < 4.78 is 1.31. The largest absolute Gasteiger partial charge is 0.0616 e. The van der Waals surface area contributed by atoms with Gasteiger partial charge in [-0.15, -0.1) is 0 Å². The van der Waals surface area contributed by atoms with Gasteiger partial charge in [0.2, 0.25) is 0 Å². The van der Waals surface area contributed by atoms with E-state index in [1.807, 2.05) is 0 Å². The van der Waals surface area contributed by atoms with Crippen molar-refractivity contribution in [2.45, 2.75) is 6.92 Å². The van der Waals surface area contributed by atoms with Crippen molar-refractivity contribution in [2.75, 3.05) is 0 Å². The monoisotopic (exact) mass is 344 g/mol. The van der Waals surface area contributed by atoms with E-state index in [4.69, 9.17) is 0 Å². The molecule has 3 aromatic carbocycles. The molecule has 0 spiro atoms. The number of fused-ring (bicyclic) bond motifs is 1. The van der Waals surface area contributed by atoms with E-state index in [0.29, 0.717) is 0 Å². The number of aryl methyl sites for hydroxylation is 1. The molecule has 0 aliphatic carbocycles. The lowest BCUT2D eigenvalue weighted by atomic mass is 10.0. The van der Waals surface area contributed by atoms with E-state index in [1.165, 1.54) is 31.0 Å². The van der Waals surface area contributed by atoms with Crippen molar-refractivity contribution >= 4 is 33.4 Å². The molecule has 1 heteroatoms. The highest BCUT2D eigenvalue weighted by molar-refractivity contribution is 14.1. The topological polar surface area (TPSA) is 0 Å². The van der Waals surface area contributed by atoms with Crippen LogP contribution >= 0.6 is 22.6 Å². The third-order valence-corrected chi connectivity index (χ3v) is 4.06. The second-order valence-corrected chi connectivity index (χ2v) is 5.71.